The maximum atomic E-state index is 11.5. The van der Waals surface area contributed by atoms with E-state index in [0.717, 1.165) is 6.42 Å². The molecule has 2 nitrogen and oxygen atoms in total. The zero-order valence-electron chi connectivity index (χ0n) is 14.4. The summed E-state index contributed by atoms with van der Waals surface area (Å²) in [5.74, 6) is 0.165. The van der Waals surface area contributed by atoms with Crippen molar-refractivity contribution < 1.29 is 5.11 Å². The maximum absolute atomic E-state index is 11.5. The highest BCUT2D eigenvalue weighted by atomic mass is 16.3. The third-order valence-corrected chi connectivity index (χ3v) is 5.33. The predicted molar refractivity (Wildman–Crippen MR) is 99.7 cm³/mol. The zero-order chi connectivity index (χ0) is 17.0. The molecule has 2 heteroatoms. The Morgan fingerprint density at radius 3 is 2.21 bits per heavy atom. The highest BCUT2D eigenvalue weighted by Crippen LogP contribution is 2.46. The van der Waals surface area contributed by atoms with Gasteiger partial charge in [0.25, 0.3) is 0 Å². The van der Waals surface area contributed by atoms with Crippen molar-refractivity contribution in [2.24, 2.45) is 5.92 Å². The molecule has 24 heavy (non-hydrogen) atoms. The van der Waals surface area contributed by atoms with E-state index in [1.165, 1.54) is 11.1 Å². The van der Waals surface area contributed by atoms with E-state index in [1.54, 1.807) is 0 Å². The summed E-state index contributed by atoms with van der Waals surface area (Å²) in [7, 11) is 0. The van der Waals surface area contributed by atoms with Crippen LogP contribution in [0.25, 0.3) is 0 Å². The Labute approximate surface area is 145 Å². The molecule has 4 atom stereocenters. The predicted octanol–water partition coefficient (Wildman–Crippen LogP) is 4.80. The molecule has 126 valence electrons. The zero-order valence-corrected chi connectivity index (χ0v) is 14.4. The van der Waals surface area contributed by atoms with Crippen molar-refractivity contribution in [3.05, 3.63) is 84.4 Å². The Kier molecular flexibility index (Phi) is 5.17. The molecule has 1 heterocycles. The van der Waals surface area contributed by atoms with Crippen molar-refractivity contribution in [1.29, 1.82) is 0 Å². The lowest BCUT2D eigenvalue weighted by atomic mass is 9.68. The molecule has 0 saturated carbocycles. The largest absolute Gasteiger partial charge is 0.389 e. The third kappa shape index (κ3) is 3.31. The number of aliphatic hydroxyl groups is 1. The minimum Gasteiger partial charge on any atom is -0.389 e. The Bertz CT molecular complexity index is 654. The first-order valence-corrected chi connectivity index (χ1v) is 8.87. The number of benzene rings is 2. The highest BCUT2D eigenvalue weighted by molar-refractivity contribution is 5.27. The van der Waals surface area contributed by atoms with E-state index < -0.39 is 5.60 Å². The van der Waals surface area contributed by atoms with E-state index in [2.05, 4.69) is 67.4 Å². The molecule has 1 aliphatic rings. The highest BCUT2D eigenvalue weighted by Gasteiger charge is 2.46. The van der Waals surface area contributed by atoms with Gasteiger partial charge < -0.3 is 10.4 Å². The summed E-state index contributed by atoms with van der Waals surface area (Å²) in [6.07, 6.45) is 4.13. The van der Waals surface area contributed by atoms with Crippen molar-refractivity contribution in [3.8, 4) is 0 Å². The van der Waals surface area contributed by atoms with Crippen LogP contribution in [0, 0.1) is 5.92 Å². The van der Waals surface area contributed by atoms with E-state index in [9.17, 15) is 5.11 Å². The second-order valence-corrected chi connectivity index (χ2v) is 6.83. The van der Waals surface area contributed by atoms with Gasteiger partial charge in [-0.25, -0.2) is 0 Å². The Balaban J connectivity index is 2.00. The first-order valence-electron chi connectivity index (χ1n) is 8.87. The second-order valence-electron chi connectivity index (χ2n) is 6.83. The van der Waals surface area contributed by atoms with Crippen LogP contribution in [-0.2, 0) is 0 Å². The van der Waals surface area contributed by atoms with Gasteiger partial charge in [-0.15, -0.1) is 6.58 Å². The lowest BCUT2D eigenvalue weighted by molar-refractivity contribution is -0.0741. The summed E-state index contributed by atoms with van der Waals surface area (Å²) in [6.45, 7) is 6.05. The summed E-state index contributed by atoms with van der Waals surface area (Å²) >= 11 is 0. The van der Waals surface area contributed by atoms with Gasteiger partial charge in [0.2, 0.25) is 0 Å². The Hall–Kier alpha value is -1.90. The van der Waals surface area contributed by atoms with Gasteiger partial charge in [-0.3, -0.25) is 0 Å². The van der Waals surface area contributed by atoms with Crippen molar-refractivity contribution in [2.75, 3.05) is 0 Å². The van der Waals surface area contributed by atoms with Gasteiger partial charge in [-0.05, 0) is 30.4 Å². The molecule has 2 aromatic rings. The van der Waals surface area contributed by atoms with Gasteiger partial charge in [0, 0.05) is 18.0 Å². The number of hydrogen-bond acceptors (Lipinski definition) is 2. The van der Waals surface area contributed by atoms with Gasteiger partial charge in [0.15, 0.2) is 0 Å². The van der Waals surface area contributed by atoms with Crippen LogP contribution >= 0.6 is 0 Å². The van der Waals surface area contributed by atoms with Crippen LogP contribution in [0.2, 0.25) is 0 Å². The van der Waals surface area contributed by atoms with Crippen LogP contribution < -0.4 is 5.32 Å². The summed E-state index contributed by atoms with van der Waals surface area (Å²) in [6, 6.07) is 21.2. The van der Waals surface area contributed by atoms with Crippen LogP contribution in [0.3, 0.4) is 0 Å². The standard InChI is InChI=1S/C22H27NO/c1-3-15-22(24)16-20(17-11-7-5-8-12-17)23-21(19(22)4-2)18-13-9-6-10-14-18/h3,5-14,19-21,23-24H,1,4,15-16H2,2H3/t19-,20+,21-,22-/m1/s1. The summed E-state index contributed by atoms with van der Waals surface area (Å²) in [5, 5.41) is 15.3. The van der Waals surface area contributed by atoms with Crippen LogP contribution in [-0.4, -0.2) is 10.7 Å². The average Bonchev–Trinajstić information content (AvgIpc) is 2.62. The van der Waals surface area contributed by atoms with E-state index in [-0.39, 0.29) is 18.0 Å². The first kappa shape index (κ1) is 16.9. The number of rotatable bonds is 5. The van der Waals surface area contributed by atoms with Gasteiger partial charge in [0.05, 0.1) is 5.60 Å². The lowest BCUT2D eigenvalue weighted by Crippen LogP contribution is -2.52. The van der Waals surface area contributed by atoms with E-state index in [1.807, 2.05) is 18.2 Å². The molecule has 0 unspecified atom stereocenters. The molecule has 0 amide bonds. The van der Waals surface area contributed by atoms with Gasteiger partial charge in [-0.1, -0.05) is 73.7 Å². The summed E-state index contributed by atoms with van der Waals surface area (Å²) in [5.41, 5.74) is 1.74. The molecule has 0 spiro atoms. The third-order valence-electron chi connectivity index (χ3n) is 5.33. The smallest absolute Gasteiger partial charge is 0.0746 e. The van der Waals surface area contributed by atoms with Crippen molar-refractivity contribution in [2.45, 2.75) is 43.9 Å². The Morgan fingerprint density at radius 2 is 1.67 bits per heavy atom. The molecule has 2 N–H and O–H groups in total. The minimum absolute atomic E-state index is 0.139. The SMILES string of the molecule is C=CC[C@@]1(O)C[C@@H](c2ccccc2)N[C@H](c2ccccc2)[C@H]1CC. The van der Waals surface area contributed by atoms with Crippen molar-refractivity contribution in [3.63, 3.8) is 0 Å². The molecule has 3 rings (SSSR count). The molecule has 1 aliphatic heterocycles. The first-order chi connectivity index (χ1) is 11.7. The lowest BCUT2D eigenvalue weighted by Gasteiger charge is -2.48. The van der Waals surface area contributed by atoms with E-state index >= 15 is 0 Å². The normalized spacial score (nSPS) is 30.0. The molecule has 1 saturated heterocycles. The topological polar surface area (TPSA) is 32.3 Å². The van der Waals surface area contributed by atoms with E-state index in [0.29, 0.717) is 12.8 Å². The average molecular weight is 321 g/mol. The molecule has 0 radical (unpaired) electrons. The summed E-state index contributed by atoms with van der Waals surface area (Å²) in [4.78, 5) is 0. The number of piperidine rings is 1. The van der Waals surface area contributed by atoms with Crippen molar-refractivity contribution in [1.82, 2.24) is 5.32 Å². The monoisotopic (exact) mass is 321 g/mol. The van der Waals surface area contributed by atoms with E-state index in [4.69, 9.17) is 0 Å². The molecular formula is C22H27NO. The second kappa shape index (κ2) is 7.33. The molecule has 1 fully saturated rings. The molecule has 0 bridgehead atoms. The fourth-order valence-corrected chi connectivity index (χ4v) is 4.20. The number of hydrogen-bond donors (Lipinski definition) is 2. The maximum Gasteiger partial charge on any atom is 0.0746 e. The summed E-state index contributed by atoms with van der Waals surface area (Å²) < 4.78 is 0. The van der Waals surface area contributed by atoms with Crippen molar-refractivity contribution >= 4 is 0 Å². The quantitative estimate of drug-likeness (QED) is 0.776. The molecule has 0 aliphatic carbocycles. The van der Waals surface area contributed by atoms with Crippen LogP contribution in [0.1, 0.15) is 49.4 Å². The van der Waals surface area contributed by atoms with Crippen LogP contribution in [0.5, 0.6) is 0 Å². The van der Waals surface area contributed by atoms with Gasteiger partial charge in [-0.2, -0.15) is 0 Å². The van der Waals surface area contributed by atoms with Crippen LogP contribution in [0.4, 0.5) is 0 Å². The number of nitrogens with one attached hydrogen (secondary N) is 1. The molecular weight excluding hydrogens is 294 g/mol. The minimum atomic E-state index is -0.733. The Morgan fingerprint density at radius 1 is 1.08 bits per heavy atom. The van der Waals surface area contributed by atoms with Crippen LogP contribution in [0.15, 0.2) is 73.3 Å². The van der Waals surface area contributed by atoms with Gasteiger partial charge >= 0.3 is 0 Å². The fourth-order valence-electron chi connectivity index (χ4n) is 4.20. The molecule has 2 aromatic carbocycles. The molecule has 0 aromatic heterocycles. The van der Waals surface area contributed by atoms with Gasteiger partial charge in [0.1, 0.15) is 0 Å². The fraction of sp³-hybridized carbons (Fsp3) is 0.364.